The summed E-state index contributed by atoms with van der Waals surface area (Å²) in [5.41, 5.74) is 5.58. The lowest BCUT2D eigenvalue weighted by atomic mass is 9.99. The molecule has 8 atom stereocenters. The van der Waals surface area contributed by atoms with Gasteiger partial charge in [0.1, 0.15) is 24.4 Å². The van der Waals surface area contributed by atoms with Crippen molar-refractivity contribution in [2.45, 2.75) is 55.9 Å². The van der Waals surface area contributed by atoms with Crippen LogP contribution in [0.4, 0.5) is 0 Å². The van der Waals surface area contributed by atoms with Crippen molar-refractivity contribution in [2.75, 3.05) is 13.2 Å². The third-order valence-corrected chi connectivity index (χ3v) is 3.23. The van der Waals surface area contributed by atoms with E-state index in [-0.39, 0.29) is 6.61 Å². The van der Waals surface area contributed by atoms with Gasteiger partial charge in [0, 0.05) is 0 Å². The standard InChI is InChI=1S/C11H23NO8/c1-4(14)7(15)5(12)3-19-11-10(18)9(17)8(16)6(2-13)20-11/h4-11,13-18H,2-3,12H2,1H3/t4-,5+,6?,7-,8?,9?,10+,11?/m1/s1. The molecule has 0 aliphatic carbocycles. The largest absolute Gasteiger partial charge is 0.394 e. The topological polar surface area (TPSA) is 166 Å². The van der Waals surface area contributed by atoms with Crippen molar-refractivity contribution in [3.8, 4) is 0 Å². The van der Waals surface area contributed by atoms with Gasteiger partial charge in [-0.2, -0.15) is 0 Å². The first kappa shape index (κ1) is 17.7. The third kappa shape index (κ3) is 4.07. The lowest BCUT2D eigenvalue weighted by Crippen LogP contribution is -2.59. The van der Waals surface area contributed by atoms with Gasteiger partial charge < -0.3 is 45.8 Å². The minimum atomic E-state index is -1.54. The predicted octanol–water partition coefficient (Wildman–Crippen LogP) is -4.13. The fourth-order valence-corrected chi connectivity index (χ4v) is 1.87. The molecule has 9 nitrogen and oxygen atoms in total. The van der Waals surface area contributed by atoms with E-state index in [1.54, 1.807) is 0 Å². The van der Waals surface area contributed by atoms with Crippen molar-refractivity contribution in [1.82, 2.24) is 0 Å². The van der Waals surface area contributed by atoms with Crippen molar-refractivity contribution >= 4 is 0 Å². The Kier molecular flexibility index (Phi) is 6.72. The van der Waals surface area contributed by atoms with Gasteiger partial charge in [-0.15, -0.1) is 0 Å². The van der Waals surface area contributed by atoms with Gasteiger partial charge in [-0.1, -0.05) is 0 Å². The Morgan fingerprint density at radius 3 is 2.25 bits per heavy atom. The summed E-state index contributed by atoms with van der Waals surface area (Å²) in [6.45, 7) is 0.542. The molecule has 0 radical (unpaired) electrons. The molecule has 1 fully saturated rings. The summed E-state index contributed by atoms with van der Waals surface area (Å²) in [6.07, 6.45) is -9.18. The zero-order valence-electron chi connectivity index (χ0n) is 11.1. The summed E-state index contributed by atoms with van der Waals surface area (Å²) >= 11 is 0. The molecule has 20 heavy (non-hydrogen) atoms. The van der Waals surface area contributed by atoms with Crippen LogP contribution in [-0.4, -0.2) is 92.8 Å². The van der Waals surface area contributed by atoms with E-state index in [2.05, 4.69) is 0 Å². The van der Waals surface area contributed by atoms with Gasteiger partial charge >= 0.3 is 0 Å². The van der Waals surface area contributed by atoms with E-state index >= 15 is 0 Å². The maximum atomic E-state index is 9.69. The van der Waals surface area contributed by atoms with Crippen LogP contribution in [0.2, 0.25) is 0 Å². The zero-order chi connectivity index (χ0) is 15.4. The summed E-state index contributed by atoms with van der Waals surface area (Å²) in [7, 11) is 0. The molecule has 0 aromatic carbocycles. The summed E-state index contributed by atoms with van der Waals surface area (Å²) < 4.78 is 10.2. The highest BCUT2D eigenvalue weighted by Gasteiger charge is 2.44. The molecule has 1 aliphatic rings. The van der Waals surface area contributed by atoms with Crippen molar-refractivity contribution in [3.63, 3.8) is 0 Å². The van der Waals surface area contributed by atoms with E-state index in [4.69, 9.17) is 25.4 Å². The van der Waals surface area contributed by atoms with Crippen LogP contribution < -0.4 is 5.73 Å². The molecule has 0 spiro atoms. The number of rotatable bonds is 6. The van der Waals surface area contributed by atoms with Crippen LogP contribution >= 0.6 is 0 Å². The predicted molar refractivity (Wildman–Crippen MR) is 65.4 cm³/mol. The van der Waals surface area contributed by atoms with E-state index in [0.717, 1.165) is 0 Å². The van der Waals surface area contributed by atoms with Gasteiger partial charge in [-0.3, -0.25) is 0 Å². The average molecular weight is 297 g/mol. The second-order valence-corrected chi connectivity index (χ2v) is 4.93. The Labute approximate surface area is 116 Å². The van der Waals surface area contributed by atoms with Crippen molar-refractivity contribution in [3.05, 3.63) is 0 Å². The van der Waals surface area contributed by atoms with E-state index in [0.29, 0.717) is 0 Å². The highest BCUT2D eigenvalue weighted by Crippen LogP contribution is 2.22. The van der Waals surface area contributed by atoms with Crippen LogP contribution in [0.25, 0.3) is 0 Å². The van der Waals surface area contributed by atoms with Crippen molar-refractivity contribution < 1.29 is 40.1 Å². The molecule has 1 aliphatic heterocycles. The van der Waals surface area contributed by atoms with Gasteiger partial charge in [0.15, 0.2) is 6.29 Å². The number of aliphatic hydroxyl groups excluding tert-OH is 6. The van der Waals surface area contributed by atoms with E-state index in [1.807, 2.05) is 0 Å². The van der Waals surface area contributed by atoms with Crippen molar-refractivity contribution in [1.29, 1.82) is 0 Å². The van der Waals surface area contributed by atoms with Crippen LogP contribution in [0.1, 0.15) is 6.92 Å². The van der Waals surface area contributed by atoms with Crippen LogP contribution in [0.3, 0.4) is 0 Å². The molecule has 8 N–H and O–H groups in total. The molecule has 0 saturated carbocycles. The number of ether oxygens (including phenoxy) is 2. The Balaban J connectivity index is 2.54. The number of aliphatic hydroxyl groups is 6. The van der Waals surface area contributed by atoms with Gasteiger partial charge in [0.05, 0.1) is 31.5 Å². The fourth-order valence-electron chi connectivity index (χ4n) is 1.87. The number of nitrogens with two attached hydrogens (primary N) is 1. The first-order valence-corrected chi connectivity index (χ1v) is 6.33. The molecule has 120 valence electrons. The van der Waals surface area contributed by atoms with Crippen LogP contribution in [0, 0.1) is 0 Å². The van der Waals surface area contributed by atoms with Gasteiger partial charge in [-0.05, 0) is 6.92 Å². The Morgan fingerprint density at radius 1 is 1.15 bits per heavy atom. The normalized spacial score (nSPS) is 39.3. The minimum Gasteiger partial charge on any atom is -0.394 e. The highest BCUT2D eigenvalue weighted by molar-refractivity contribution is 4.89. The first-order valence-electron chi connectivity index (χ1n) is 6.33. The molecule has 9 heteroatoms. The highest BCUT2D eigenvalue weighted by atomic mass is 16.7. The van der Waals surface area contributed by atoms with E-state index in [1.165, 1.54) is 6.92 Å². The smallest absolute Gasteiger partial charge is 0.186 e. The number of hydrogen-bond acceptors (Lipinski definition) is 9. The monoisotopic (exact) mass is 297 g/mol. The summed E-state index contributed by atoms with van der Waals surface area (Å²) in [5, 5.41) is 56.4. The summed E-state index contributed by atoms with van der Waals surface area (Å²) in [6, 6.07) is -0.928. The van der Waals surface area contributed by atoms with E-state index in [9.17, 15) is 20.4 Å². The second-order valence-electron chi connectivity index (χ2n) is 4.93. The quantitative estimate of drug-likeness (QED) is 0.258. The zero-order valence-corrected chi connectivity index (χ0v) is 11.1. The number of hydrogen-bond donors (Lipinski definition) is 7. The molecule has 0 aromatic heterocycles. The Hall–Kier alpha value is -0.360. The Morgan fingerprint density at radius 2 is 1.75 bits per heavy atom. The summed E-state index contributed by atoms with van der Waals surface area (Å²) in [4.78, 5) is 0. The summed E-state index contributed by atoms with van der Waals surface area (Å²) in [5.74, 6) is 0. The maximum Gasteiger partial charge on any atom is 0.186 e. The maximum absolute atomic E-state index is 9.69. The minimum absolute atomic E-state index is 0.255. The SMILES string of the molecule is C[C@@H](O)[C@@H](O)[C@@H](N)COC1OC(CO)C(O)C(O)[C@@H]1O. The van der Waals surface area contributed by atoms with Gasteiger partial charge in [0.2, 0.25) is 0 Å². The lowest BCUT2D eigenvalue weighted by molar-refractivity contribution is -0.302. The lowest BCUT2D eigenvalue weighted by Gasteiger charge is -2.40. The molecule has 4 unspecified atom stereocenters. The second kappa shape index (κ2) is 7.59. The van der Waals surface area contributed by atoms with Crippen molar-refractivity contribution in [2.24, 2.45) is 5.73 Å². The van der Waals surface area contributed by atoms with Crippen LogP contribution in [-0.2, 0) is 9.47 Å². The molecular formula is C11H23NO8. The molecule has 1 saturated heterocycles. The molecule has 0 aromatic rings. The van der Waals surface area contributed by atoms with Gasteiger partial charge in [-0.25, -0.2) is 0 Å². The van der Waals surface area contributed by atoms with E-state index < -0.39 is 55.6 Å². The third-order valence-electron chi connectivity index (χ3n) is 3.23. The average Bonchev–Trinajstić information content (AvgIpc) is 2.42. The first-order chi connectivity index (χ1) is 9.29. The Bertz CT molecular complexity index is 290. The fraction of sp³-hybridized carbons (Fsp3) is 1.00. The molecule has 0 bridgehead atoms. The van der Waals surface area contributed by atoms with Crippen LogP contribution in [0.5, 0.6) is 0 Å². The molecule has 1 rings (SSSR count). The van der Waals surface area contributed by atoms with Crippen LogP contribution in [0.15, 0.2) is 0 Å². The van der Waals surface area contributed by atoms with Gasteiger partial charge in [0.25, 0.3) is 0 Å². The molecule has 1 heterocycles. The molecular weight excluding hydrogens is 274 g/mol. The molecule has 0 amide bonds.